The van der Waals surface area contributed by atoms with E-state index in [0.717, 1.165) is 5.56 Å². The first-order chi connectivity index (χ1) is 13.8. The van der Waals surface area contributed by atoms with Crippen molar-refractivity contribution in [2.75, 3.05) is 0 Å². The van der Waals surface area contributed by atoms with E-state index in [2.05, 4.69) is 61.5 Å². The number of unbranched alkanes of at least 4 members (excludes halogenated alkanes) is 3. The van der Waals surface area contributed by atoms with Gasteiger partial charge in [0.2, 0.25) is 0 Å². The van der Waals surface area contributed by atoms with Crippen LogP contribution in [0.5, 0.6) is 0 Å². The Balaban J connectivity index is 1.65. The van der Waals surface area contributed by atoms with Crippen molar-refractivity contribution in [3.63, 3.8) is 0 Å². The Morgan fingerprint density at radius 3 is 2.07 bits per heavy atom. The molecule has 0 N–H and O–H groups in total. The van der Waals surface area contributed by atoms with Crippen molar-refractivity contribution in [2.24, 2.45) is 0 Å². The minimum atomic E-state index is 0.695. The number of nitriles is 1. The highest BCUT2D eigenvalue weighted by Crippen LogP contribution is 2.30. The summed E-state index contributed by atoms with van der Waals surface area (Å²) in [6.07, 6.45) is 6.39. The van der Waals surface area contributed by atoms with Crippen molar-refractivity contribution < 1.29 is 0 Å². The molecule has 0 bridgehead atoms. The maximum Gasteiger partial charge on any atom is 0.0991 e. The maximum absolute atomic E-state index is 8.98. The van der Waals surface area contributed by atoms with Gasteiger partial charge < -0.3 is 0 Å². The third-order valence-electron chi connectivity index (χ3n) is 5.57. The van der Waals surface area contributed by atoms with Gasteiger partial charge >= 0.3 is 0 Å². The van der Waals surface area contributed by atoms with Crippen LogP contribution in [-0.4, -0.2) is 0 Å². The largest absolute Gasteiger partial charge is 0.192 e. The van der Waals surface area contributed by atoms with Gasteiger partial charge in [0, 0.05) is 0 Å². The van der Waals surface area contributed by atoms with E-state index in [1.54, 1.807) is 0 Å². The lowest BCUT2D eigenvalue weighted by atomic mass is 9.95. The third kappa shape index (κ3) is 3.78. The lowest BCUT2D eigenvalue weighted by molar-refractivity contribution is 0.667. The Labute approximate surface area is 167 Å². The molecule has 0 saturated heterocycles. The first kappa shape index (κ1) is 18.3. The number of hydrogen-bond donors (Lipinski definition) is 0. The molecular formula is C27H25N. The molecule has 1 heteroatoms. The highest BCUT2D eigenvalue weighted by molar-refractivity contribution is 6.08. The van der Waals surface area contributed by atoms with Gasteiger partial charge in [0.05, 0.1) is 11.6 Å². The maximum atomic E-state index is 8.98. The van der Waals surface area contributed by atoms with E-state index >= 15 is 0 Å². The smallest absolute Gasteiger partial charge is 0.0991 e. The van der Waals surface area contributed by atoms with Crippen LogP contribution in [0.1, 0.15) is 43.7 Å². The standard InChI is InChI=1S/C27H25N/c1-2-3-4-5-6-20-9-15-26-24(17-20)12-13-25-18-23(14-16-27(25)26)22-10-7-21(19-28)8-11-22/h7-18H,2-6H2,1H3. The molecule has 0 aliphatic rings. The van der Waals surface area contributed by atoms with Gasteiger partial charge in [-0.15, -0.1) is 0 Å². The summed E-state index contributed by atoms with van der Waals surface area (Å²) in [5.74, 6) is 0. The SMILES string of the molecule is CCCCCCc1ccc2c(ccc3cc(-c4ccc(C#N)cc4)ccc32)c1. The van der Waals surface area contributed by atoms with E-state index in [9.17, 15) is 0 Å². The fourth-order valence-corrected chi connectivity index (χ4v) is 3.95. The molecule has 4 aromatic carbocycles. The molecular weight excluding hydrogens is 338 g/mol. The summed E-state index contributed by atoms with van der Waals surface area (Å²) in [5, 5.41) is 14.2. The van der Waals surface area contributed by atoms with Crippen molar-refractivity contribution in [3.8, 4) is 17.2 Å². The zero-order valence-electron chi connectivity index (χ0n) is 16.4. The van der Waals surface area contributed by atoms with Gasteiger partial charge in [0.15, 0.2) is 0 Å². The molecule has 0 spiro atoms. The lowest BCUT2D eigenvalue weighted by Gasteiger charge is -2.09. The number of hydrogen-bond acceptors (Lipinski definition) is 1. The molecule has 4 rings (SSSR count). The van der Waals surface area contributed by atoms with Crippen LogP contribution in [0.25, 0.3) is 32.7 Å². The van der Waals surface area contributed by atoms with Crippen LogP contribution < -0.4 is 0 Å². The van der Waals surface area contributed by atoms with Crippen LogP contribution in [0.2, 0.25) is 0 Å². The molecule has 0 aliphatic carbocycles. The highest BCUT2D eigenvalue weighted by atomic mass is 14.2. The van der Waals surface area contributed by atoms with Crippen molar-refractivity contribution >= 4 is 21.5 Å². The molecule has 0 heterocycles. The Kier molecular flexibility index (Phi) is 5.40. The predicted octanol–water partition coefficient (Wildman–Crippen LogP) is 7.65. The molecule has 0 amide bonds. The summed E-state index contributed by atoms with van der Waals surface area (Å²) in [7, 11) is 0. The number of nitrogens with zero attached hydrogens (tertiary/aromatic N) is 1. The molecule has 138 valence electrons. The lowest BCUT2D eigenvalue weighted by Crippen LogP contribution is -1.87. The molecule has 28 heavy (non-hydrogen) atoms. The Bertz CT molecular complexity index is 1150. The van der Waals surface area contributed by atoms with Gasteiger partial charge in [-0.3, -0.25) is 0 Å². The zero-order valence-corrected chi connectivity index (χ0v) is 16.4. The third-order valence-corrected chi connectivity index (χ3v) is 5.57. The fraction of sp³-hybridized carbons (Fsp3) is 0.222. The van der Waals surface area contributed by atoms with Gasteiger partial charge in [-0.25, -0.2) is 0 Å². The van der Waals surface area contributed by atoms with E-state index in [1.807, 2.05) is 24.3 Å². The number of rotatable bonds is 6. The quantitative estimate of drug-likeness (QED) is 0.255. The van der Waals surface area contributed by atoms with Crippen LogP contribution in [0.3, 0.4) is 0 Å². The molecule has 0 unspecified atom stereocenters. The molecule has 0 saturated carbocycles. The van der Waals surface area contributed by atoms with E-state index < -0.39 is 0 Å². The van der Waals surface area contributed by atoms with Gasteiger partial charge in [-0.2, -0.15) is 5.26 Å². The molecule has 0 radical (unpaired) electrons. The second-order valence-corrected chi connectivity index (χ2v) is 7.56. The van der Waals surface area contributed by atoms with Crippen LogP contribution in [0.4, 0.5) is 0 Å². The summed E-state index contributed by atoms with van der Waals surface area (Å²) in [6, 6.07) is 28.0. The van der Waals surface area contributed by atoms with Gasteiger partial charge in [0.25, 0.3) is 0 Å². The van der Waals surface area contributed by atoms with E-state index in [4.69, 9.17) is 5.26 Å². The van der Waals surface area contributed by atoms with Crippen molar-refractivity contribution in [2.45, 2.75) is 39.0 Å². The summed E-state index contributed by atoms with van der Waals surface area (Å²) in [4.78, 5) is 0. The normalized spacial score (nSPS) is 11.0. The van der Waals surface area contributed by atoms with Gasteiger partial charge in [-0.1, -0.05) is 80.8 Å². The molecule has 0 aliphatic heterocycles. The Morgan fingerprint density at radius 1 is 0.679 bits per heavy atom. The predicted molar refractivity (Wildman–Crippen MR) is 119 cm³/mol. The topological polar surface area (TPSA) is 23.8 Å². The minimum absolute atomic E-state index is 0.695. The number of fused-ring (bicyclic) bond motifs is 3. The van der Waals surface area contributed by atoms with Crippen LogP contribution in [-0.2, 0) is 6.42 Å². The molecule has 1 nitrogen and oxygen atoms in total. The van der Waals surface area contributed by atoms with Crippen LogP contribution in [0, 0.1) is 11.3 Å². The second kappa shape index (κ2) is 8.28. The second-order valence-electron chi connectivity index (χ2n) is 7.56. The number of benzene rings is 4. The highest BCUT2D eigenvalue weighted by Gasteiger charge is 2.05. The Hall–Kier alpha value is -3.11. The average molecular weight is 364 g/mol. The van der Waals surface area contributed by atoms with Crippen molar-refractivity contribution in [1.82, 2.24) is 0 Å². The molecule has 0 fully saturated rings. The first-order valence-corrected chi connectivity index (χ1v) is 10.2. The fourth-order valence-electron chi connectivity index (χ4n) is 3.95. The van der Waals surface area contributed by atoms with E-state index in [0.29, 0.717) is 5.56 Å². The van der Waals surface area contributed by atoms with Crippen LogP contribution >= 0.6 is 0 Å². The summed E-state index contributed by atoms with van der Waals surface area (Å²) >= 11 is 0. The average Bonchev–Trinajstić information content (AvgIpc) is 2.76. The summed E-state index contributed by atoms with van der Waals surface area (Å²) < 4.78 is 0. The summed E-state index contributed by atoms with van der Waals surface area (Å²) in [5.41, 5.74) is 4.46. The van der Waals surface area contributed by atoms with E-state index in [1.165, 1.54) is 64.8 Å². The van der Waals surface area contributed by atoms with Crippen LogP contribution in [0.15, 0.2) is 72.8 Å². The van der Waals surface area contributed by atoms with Gasteiger partial charge in [0.1, 0.15) is 0 Å². The van der Waals surface area contributed by atoms with Crippen molar-refractivity contribution in [3.05, 3.63) is 83.9 Å². The molecule has 0 aromatic heterocycles. The Morgan fingerprint density at radius 2 is 1.36 bits per heavy atom. The molecule has 0 atom stereocenters. The molecule has 4 aromatic rings. The summed E-state index contributed by atoms with van der Waals surface area (Å²) in [6.45, 7) is 2.26. The number of aryl methyl sites for hydroxylation is 1. The first-order valence-electron chi connectivity index (χ1n) is 10.2. The van der Waals surface area contributed by atoms with Crippen molar-refractivity contribution in [1.29, 1.82) is 5.26 Å². The minimum Gasteiger partial charge on any atom is -0.192 e. The monoisotopic (exact) mass is 363 g/mol. The zero-order chi connectivity index (χ0) is 19.3. The van der Waals surface area contributed by atoms with E-state index in [-0.39, 0.29) is 0 Å². The van der Waals surface area contributed by atoms with Gasteiger partial charge in [-0.05, 0) is 69.3 Å².